The third-order valence-corrected chi connectivity index (χ3v) is 5.95. The van der Waals surface area contributed by atoms with Crippen LogP contribution in [0.2, 0.25) is 0 Å². The van der Waals surface area contributed by atoms with Crippen molar-refractivity contribution >= 4 is 27.0 Å². The molecule has 0 aliphatic rings. The summed E-state index contributed by atoms with van der Waals surface area (Å²) in [4.78, 5) is 11.0. The van der Waals surface area contributed by atoms with Crippen molar-refractivity contribution < 1.29 is 13.3 Å². The largest absolute Gasteiger partial charge is 0.269 e. The molecule has 1 atom stereocenters. The summed E-state index contributed by atoms with van der Waals surface area (Å²) in [5.41, 5.74) is -0.160. The molecule has 1 N–H and O–H groups in total. The molecule has 2 heterocycles. The molecule has 10 heteroatoms. The van der Waals surface area contributed by atoms with Gasteiger partial charge < -0.3 is 0 Å². The molecule has 0 spiro atoms. The molecule has 0 radical (unpaired) electrons. The highest BCUT2D eigenvalue weighted by atomic mass is 32.2. The van der Waals surface area contributed by atoms with E-state index in [0.29, 0.717) is 0 Å². The van der Waals surface area contributed by atoms with Gasteiger partial charge in [0, 0.05) is 35.9 Å². The first-order chi connectivity index (χ1) is 12.0. The molecule has 1 aromatic carbocycles. The molecule has 0 aliphatic heterocycles. The molecule has 25 heavy (non-hydrogen) atoms. The zero-order valence-corrected chi connectivity index (χ0v) is 14.5. The van der Waals surface area contributed by atoms with Gasteiger partial charge in [0.2, 0.25) is 10.0 Å². The molecule has 0 fully saturated rings. The summed E-state index contributed by atoms with van der Waals surface area (Å²) in [5.74, 6) is 0. The predicted molar refractivity (Wildman–Crippen MR) is 93.0 cm³/mol. The quantitative estimate of drug-likeness (QED) is 0.502. The average molecular weight is 378 g/mol. The maximum absolute atomic E-state index is 12.4. The number of nitro groups is 1. The molecule has 0 aliphatic carbocycles. The Balaban J connectivity index is 1.79. The third kappa shape index (κ3) is 3.92. The van der Waals surface area contributed by atoms with E-state index in [1.165, 1.54) is 35.6 Å². The minimum atomic E-state index is -3.79. The van der Waals surface area contributed by atoms with Crippen LogP contribution in [0.4, 0.5) is 5.69 Å². The molecule has 3 aromatic rings. The summed E-state index contributed by atoms with van der Waals surface area (Å²) in [6.45, 7) is 0.113. The zero-order chi connectivity index (χ0) is 17.9. The molecule has 0 saturated carbocycles. The molecule has 130 valence electrons. The van der Waals surface area contributed by atoms with Crippen molar-refractivity contribution in [1.29, 1.82) is 0 Å². The van der Waals surface area contributed by atoms with Crippen molar-refractivity contribution in [2.24, 2.45) is 0 Å². The van der Waals surface area contributed by atoms with E-state index in [9.17, 15) is 18.5 Å². The Bertz CT molecular complexity index is 902. The lowest BCUT2D eigenvalue weighted by atomic mass is 10.2. The summed E-state index contributed by atoms with van der Waals surface area (Å²) in [6, 6.07) is 10.1. The maximum atomic E-state index is 12.4. The summed E-state index contributed by atoms with van der Waals surface area (Å²) in [6.07, 6.45) is 3.40. The first kappa shape index (κ1) is 17.3. The van der Waals surface area contributed by atoms with Gasteiger partial charge in [-0.25, -0.2) is 13.1 Å². The average Bonchev–Trinajstić information content (AvgIpc) is 3.29. The monoisotopic (exact) mass is 378 g/mol. The number of nitrogens with zero attached hydrogens (tertiary/aromatic N) is 3. The first-order valence-electron chi connectivity index (χ1n) is 7.24. The highest BCUT2D eigenvalue weighted by Crippen LogP contribution is 2.23. The highest BCUT2D eigenvalue weighted by molar-refractivity contribution is 7.89. The summed E-state index contributed by atoms with van der Waals surface area (Å²) in [5, 5.41) is 16.8. The number of rotatable bonds is 7. The number of nitro benzene ring substituents is 1. The first-order valence-corrected chi connectivity index (χ1v) is 9.60. The lowest BCUT2D eigenvalue weighted by molar-refractivity contribution is -0.384. The van der Waals surface area contributed by atoms with Gasteiger partial charge in [0.25, 0.3) is 5.69 Å². The van der Waals surface area contributed by atoms with Gasteiger partial charge in [-0.1, -0.05) is 6.07 Å². The van der Waals surface area contributed by atoms with E-state index in [0.717, 1.165) is 4.88 Å². The molecule has 1 unspecified atom stereocenters. The van der Waals surface area contributed by atoms with E-state index >= 15 is 0 Å². The van der Waals surface area contributed by atoms with Gasteiger partial charge in [0.05, 0.1) is 15.9 Å². The molecule has 3 rings (SSSR count). The molecule has 0 saturated heterocycles. The second kappa shape index (κ2) is 7.13. The molecule has 0 bridgehead atoms. The Hall–Kier alpha value is -2.56. The van der Waals surface area contributed by atoms with E-state index in [1.54, 1.807) is 23.1 Å². The van der Waals surface area contributed by atoms with E-state index in [4.69, 9.17) is 0 Å². The van der Waals surface area contributed by atoms with Crippen LogP contribution >= 0.6 is 11.3 Å². The van der Waals surface area contributed by atoms with E-state index in [1.807, 2.05) is 17.5 Å². The Morgan fingerprint density at radius 3 is 2.56 bits per heavy atom. The van der Waals surface area contributed by atoms with Crippen molar-refractivity contribution in [2.45, 2.75) is 10.9 Å². The van der Waals surface area contributed by atoms with E-state index in [2.05, 4.69) is 9.82 Å². The van der Waals surface area contributed by atoms with Crippen molar-refractivity contribution in [3.63, 3.8) is 0 Å². The fourth-order valence-corrected chi connectivity index (χ4v) is 4.15. The van der Waals surface area contributed by atoms with Gasteiger partial charge in [-0.3, -0.25) is 14.8 Å². The van der Waals surface area contributed by atoms with Crippen LogP contribution < -0.4 is 4.72 Å². The third-order valence-electron chi connectivity index (χ3n) is 3.54. The van der Waals surface area contributed by atoms with Gasteiger partial charge >= 0.3 is 0 Å². The Kier molecular flexibility index (Phi) is 4.93. The molecule has 0 amide bonds. The number of hydrogen-bond acceptors (Lipinski definition) is 6. The van der Waals surface area contributed by atoms with E-state index in [-0.39, 0.29) is 23.2 Å². The molecule has 8 nitrogen and oxygen atoms in total. The molecular formula is C15H14N4O4S2. The predicted octanol–water partition coefficient (Wildman–Crippen LogP) is 2.42. The van der Waals surface area contributed by atoms with Crippen LogP contribution in [0.1, 0.15) is 10.9 Å². The van der Waals surface area contributed by atoms with Crippen LogP contribution in [0.15, 0.2) is 65.1 Å². The maximum Gasteiger partial charge on any atom is 0.269 e. The fourth-order valence-electron chi connectivity index (χ4n) is 2.29. The number of sulfonamides is 1. The van der Waals surface area contributed by atoms with E-state index < -0.39 is 14.9 Å². The second-order valence-corrected chi connectivity index (χ2v) is 7.87. The number of non-ortho nitro benzene ring substituents is 1. The standard InChI is InChI=1S/C15H14N4O4S2/c20-19(21)12-4-6-13(7-5-12)25(22,23)17-11-14(15-3-1-10-24-15)18-9-2-8-16-18/h1-10,14,17H,11H2. The van der Waals surface area contributed by atoms with Crippen LogP contribution in [-0.2, 0) is 10.0 Å². The smallest absolute Gasteiger partial charge is 0.263 e. The summed E-state index contributed by atoms with van der Waals surface area (Å²) < 4.78 is 29.1. The minimum Gasteiger partial charge on any atom is -0.263 e. The van der Waals surface area contributed by atoms with Crippen molar-refractivity contribution in [1.82, 2.24) is 14.5 Å². The van der Waals surface area contributed by atoms with Gasteiger partial charge in [0.1, 0.15) is 0 Å². The van der Waals surface area contributed by atoms with Gasteiger partial charge in [-0.05, 0) is 29.6 Å². The Labute approximate surface area is 147 Å². The molecular weight excluding hydrogens is 364 g/mol. The number of hydrogen-bond donors (Lipinski definition) is 1. The van der Waals surface area contributed by atoms with Crippen molar-refractivity contribution in [3.8, 4) is 0 Å². The van der Waals surface area contributed by atoms with Crippen molar-refractivity contribution in [3.05, 3.63) is 75.2 Å². The van der Waals surface area contributed by atoms with Crippen LogP contribution in [0.3, 0.4) is 0 Å². The number of thiophene rings is 1. The normalized spacial score (nSPS) is 12.8. The Morgan fingerprint density at radius 1 is 1.24 bits per heavy atom. The van der Waals surface area contributed by atoms with Gasteiger partial charge in [0.15, 0.2) is 0 Å². The number of benzene rings is 1. The topological polar surface area (TPSA) is 107 Å². The van der Waals surface area contributed by atoms with Gasteiger partial charge in [-0.15, -0.1) is 11.3 Å². The Morgan fingerprint density at radius 2 is 2.00 bits per heavy atom. The highest BCUT2D eigenvalue weighted by Gasteiger charge is 2.21. The fraction of sp³-hybridized carbons (Fsp3) is 0.133. The lowest BCUT2D eigenvalue weighted by Gasteiger charge is -2.17. The second-order valence-electron chi connectivity index (χ2n) is 5.12. The number of nitrogens with one attached hydrogen (secondary N) is 1. The molecule has 2 aromatic heterocycles. The minimum absolute atomic E-state index is 0.0245. The lowest BCUT2D eigenvalue weighted by Crippen LogP contribution is -2.31. The van der Waals surface area contributed by atoms with Crippen LogP contribution in [0.25, 0.3) is 0 Å². The summed E-state index contributed by atoms with van der Waals surface area (Å²) >= 11 is 1.51. The van der Waals surface area contributed by atoms with Crippen LogP contribution in [-0.4, -0.2) is 29.7 Å². The summed E-state index contributed by atoms with van der Waals surface area (Å²) in [7, 11) is -3.79. The van der Waals surface area contributed by atoms with Crippen LogP contribution in [0, 0.1) is 10.1 Å². The van der Waals surface area contributed by atoms with Crippen molar-refractivity contribution in [2.75, 3.05) is 6.54 Å². The SMILES string of the molecule is O=[N+]([O-])c1ccc(S(=O)(=O)NCC(c2cccs2)n2cccn2)cc1. The zero-order valence-electron chi connectivity index (χ0n) is 12.8. The van der Waals surface area contributed by atoms with Gasteiger partial charge in [-0.2, -0.15) is 5.10 Å². The van der Waals surface area contributed by atoms with Crippen LogP contribution in [0.5, 0.6) is 0 Å². The number of aromatic nitrogens is 2.